The first-order valence-corrected chi connectivity index (χ1v) is 8.54. The van der Waals surface area contributed by atoms with Crippen LogP contribution in [-0.4, -0.2) is 56.0 Å². The number of thioether (sulfide) groups is 1. The zero-order valence-electron chi connectivity index (χ0n) is 11.6. The number of hydrogen-bond donors (Lipinski definition) is 1. The molecule has 0 aliphatic carbocycles. The van der Waals surface area contributed by atoms with Gasteiger partial charge in [0, 0.05) is 36.1 Å². The number of ether oxygens (including phenoxy) is 1. The van der Waals surface area contributed by atoms with Gasteiger partial charge in [-0.05, 0) is 18.2 Å². The third-order valence-corrected chi connectivity index (χ3v) is 4.84. The van der Waals surface area contributed by atoms with Crippen molar-refractivity contribution in [3.8, 4) is 0 Å². The molecule has 1 N–H and O–H groups in total. The number of amides is 1. The molecular weight excluding hydrogens is 331 g/mol. The SMILES string of the molecule is O=C(CSc1cc(Cl)ccc1Cl)NCCN1CCOCC1. The fourth-order valence-electron chi connectivity index (χ4n) is 1.96. The van der Waals surface area contributed by atoms with E-state index in [-0.39, 0.29) is 5.91 Å². The Kier molecular flexibility index (Phi) is 7.13. The Balaban J connectivity index is 1.66. The molecule has 4 nitrogen and oxygen atoms in total. The van der Waals surface area contributed by atoms with E-state index in [9.17, 15) is 4.79 Å². The molecule has 1 aromatic rings. The monoisotopic (exact) mass is 348 g/mol. The molecule has 2 rings (SSSR count). The highest BCUT2D eigenvalue weighted by molar-refractivity contribution is 8.00. The normalized spacial score (nSPS) is 15.9. The van der Waals surface area contributed by atoms with E-state index in [1.807, 2.05) is 0 Å². The first-order chi connectivity index (χ1) is 10.1. The van der Waals surface area contributed by atoms with Gasteiger partial charge >= 0.3 is 0 Å². The number of benzene rings is 1. The number of hydrogen-bond acceptors (Lipinski definition) is 4. The van der Waals surface area contributed by atoms with Crippen molar-refractivity contribution in [1.82, 2.24) is 10.2 Å². The fraction of sp³-hybridized carbons (Fsp3) is 0.500. The van der Waals surface area contributed by atoms with Crippen LogP contribution in [0.3, 0.4) is 0 Å². The minimum atomic E-state index is 0.00398. The van der Waals surface area contributed by atoms with Crippen LogP contribution in [0.25, 0.3) is 0 Å². The molecule has 1 aliphatic rings. The van der Waals surface area contributed by atoms with Crippen molar-refractivity contribution in [2.45, 2.75) is 4.90 Å². The Morgan fingerprint density at radius 3 is 2.86 bits per heavy atom. The molecule has 0 spiro atoms. The van der Waals surface area contributed by atoms with Gasteiger partial charge in [-0.3, -0.25) is 9.69 Å². The highest BCUT2D eigenvalue weighted by atomic mass is 35.5. The maximum Gasteiger partial charge on any atom is 0.230 e. The first kappa shape index (κ1) is 16.9. The van der Waals surface area contributed by atoms with Gasteiger partial charge in [0.2, 0.25) is 5.91 Å². The number of rotatable bonds is 6. The summed E-state index contributed by atoms with van der Waals surface area (Å²) in [7, 11) is 0. The van der Waals surface area contributed by atoms with Crippen molar-refractivity contribution in [2.24, 2.45) is 0 Å². The molecule has 1 amide bonds. The van der Waals surface area contributed by atoms with Gasteiger partial charge in [-0.1, -0.05) is 23.2 Å². The van der Waals surface area contributed by atoms with Gasteiger partial charge in [-0.2, -0.15) is 0 Å². The highest BCUT2D eigenvalue weighted by Crippen LogP contribution is 2.29. The Hall–Kier alpha value is -0.460. The molecule has 1 saturated heterocycles. The molecule has 0 radical (unpaired) electrons. The average Bonchev–Trinajstić information content (AvgIpc) is 2.49. The van der Waals surface area contributed by atoms with Crippen LogP contribution in [0.5, 0.6) is 0 Å². The van der Waals surface area contributed by atoms with E-state index in [0.717, 1.165) is 37.7 Å². The number of nitrogens with one attached hydrogen (secondary N) is 1. The number of carbonyl (C=O) groups is 1. The van der Waals surface area contributed by atoms with E-state index in [0.29, 0.717) is 22.3 Å². The maximum absolute atomic E-state index is 11.8. The molecule has 1 fully saturated rings. The lowest BCUT2D eigenvalue weighted by molar-refractivity contribution is -0.118. The largest absolute Gasteiger partial charge is 0.379 e. The van der Waals surface area contributed by atoms with E-state index in [1.54, 1.807) is 18.2 Å². The molecule has 0 saturated carbocycles. The first-order valence-electron chi connectivity index (χ1n) is 6.80. The molecular formula is C14H18Cl2N2O2S. The predicted octanol–water partition coefficient (Wildman–Crippen LogP) is 2.53. The quantitative estimate of drug-likeness (QED) is 0.802. The topological polar surface area (TPSA) is 41.6 Å². The van der Waals surface area contributed by atoms with E-state index in [4.69, 9.17) is 27.9 Å². The van der Waals surface area contributed by atoms with Crippen LogP contribution in [0.4, 0.5) is 0 Å². The average molecular weight is 349 g/mol. The van der Waals surface area contributed by atoms with Gasteiger partial charge in [0.1, 0.15) is 0 Å². The van der Waals surface area contributed by atoms with Crippen molar-refractivity contribution in [3.05, 3.63) is 28.2 Å². The van der Waals surface area contributed by atoms with E-state index in [1.165, 1.54) is 11.8 Å². The van der Waals surface area contributed by atoms with Gasteiger partial charge in [0.25, 0.3) is 0 Å². The van der Waals surface area contributed by atoms with Crippen LogP contribution in [-0.2, 0) is 9.53 Å². The smallest absolute Gasteiger partial charge is 0.230 e. The van der Waals surface area contributed by atoms with E-state index >= 15 is 0 Å². The predicted molar refractivity (Wildman–Crippen MR) is 87.5 cm³/mol. The summed E-state index contributed by atoms with van der Waals surface area (Å²) in [4.78, 5) is 14.9. The van der Waals surface area contributed by atoms with Crippen LogP contribution in [0.1, 0.15) is 0 Å². The standard InChI is InChI=1S/C14H18Cl2N2O2S/c15-11-1-2-12(16)13(9-11)21-10-14(19)17-3-4-18-5-7-20-8-6-18/h1-2,9H,3-8,10H2,(H,17,19). The van der Waals surface area contributed by atoms with Crippen molar-refractivity contribution >= 4 is 40.9 Å². The summed E-state index contributed by atoms with van der Waals surface area (Å²) in [6, 6.07) is 5.24. The molecule has 116 valence electrons. The molecule has 21 heavy (non-hydrogen) atoms. The molecule has 1 heterocycles. The second kappa shape index (κ2) is 8.86. The van der Waals surface area contributed by atoms with Crippen molar-refractivity contribution in [1.29, 1.82) is 0 Å². The van der Waals surface area contributed by atoms with Crippen molar-refractivity contribution in [2.75, 3.05) is 45.1 Å². The third kappa shape index (κ3) is 6.04. The molecule has 0 atom stereocenters. The lowest BCUT2D eigenvalue weighted by Crippen LogP contribution is -2.41. The summed E-state index contributed by atoms with van der Waals surface area (Å²) in [5.41, 5.74) is 0. The number of morpholine rings is 1. The second-order valence-corrected chi connectivity index (χ2v) is 6.53. The van der Waals surface area contributed by atoms with E-state index in [2.05, 4.69) is 10.2 Å². The number of nitrogens with zero attached hydrogens (tertiary/aromatic N) is 1. The van der Waals surface area contributed by atoms with Crippen molar-refractivity contribution in [3.63, 3.8) is 0 Å². The van der Waals surface area contributed by atoms with Gasteiger partial charge in [0.15, 0.2) is 0 Å². The summed E-state index contributed by atoms with van der Waals surface area (Å²) in [5, 5.41) is 4.15. The van der Waals surface area contributed by atoms with E-state index < -0.39 is 0 Å². The third-order valence-electron chi connectivity index (χ3n) is 3.11. The Morgan fingerprint density at radius 2 is 2.10 bits per heavy atom. The zero-order valence-corrected chi connectivity index (χ0v) is 13.9. The molecule has 0 aromatic heterocycles. The minimum absolute atomic E-state index is 0.00398. The molecule has 1 aromatic carbocycles. The summed E-state index contributed by atoms with van der Waals surface area (Å²) >= 11 is 13.4. The van der Waals surface area contributed by atoms with Crippen LogP contribution in [0, 0.1) is 0 Å². The lowest BCUT2D eigenvalue weighted by atomic mass is 10.4. The molecule has 0 unspecified atom stereocenters. The highest BCUT2D eigenvalue weighted by Gasteiger charge is 2.10. The van der Waals surface area contributed by atoms with Gasteiger partial charge < -0.3 is 10.1 Å². The van der Waals surface area contributed by atoms with Gasteiger partial charge in [-0.25, -0.2) is 0 Å². The van der Waals surface area contributed by atoms with Crippen LogP contribution in [0.2, 0.25) is 10.0 Å². The maximum atomic E-state index is 11.8. The molecule has 7 heteroatoms. The van der Waals surface area contributed by atoms with Crippen LogP contribution >= 0.6 is 35.0 Å². The van der Waals surface area contributed by atoms with Crippen LogP contribution in [0.15, 0.2) is 23.1 Å². The summed E-state index contributed by atoms with van der Waals surface area (Å²) in [6.45, 7) is 4.93. The number of halogens is 2. The lowest BCUT2D eigenvalue weighted by Gasteiger charge is -2.26. The summed E-state index contributed by atoms with van der Waals surface area (Å²) in [5.74, 6) is 0.340. The summed E-state index contributed by atoms with van der Waals surface area (Å²) in [6.07, 6.45) is 0. The Labute approximate surface area is 139 Å². The Bertz CT molecular complexity index is 482. The van der Waals surface area contributed by atoms with Crippen molar-refractivity contribution < 1.29 is 9.53 Å². The number of carbonyl (C=O) groups excluding carboxylic acids is 1. The summed E-state index contributed by atoms with van der Waals surface area (Å²) < 4.78 is 5.28. The van der Waals surface area contributed by atoms with Crippen LogP contribution < -0.4 is 5.32 Å². The Morgan fingerprint density at radius 1 is 1.33 bits per heavy atom. The fourth-order valence-corrected chi connectivity index (χ4v) is 3.28. The molecule has 1 aliphatic heterocycles. The molecule has 0 bridgehead atoms. The van der Waals surface area contributed by atoms with Gasteiger partial charge in [-0.15, -0.1) is 11.8 Å². The second-order valence-electron chi connectivity index (χ2n) is 4.67. The minimum Gasteiger partial charge on any atom is -0.379 e. The van der Waals surface area contributed by atoms with Gasteiger partial charge in [0.05, 0.1) is 24.0 Å². The zero-order chi connectivity index (χ0) is 15.1.